The van der Waals surface area contributed by atoms with Gasteiger partial charge in [0.2, 0.25) is 0 Å². The summed E-state index contributed by atoms with van der Waals surface area (Å²) in [4.78, 5) is 19.3. The topological polar surface area (TPSA) is 75.6 Å². The Morgan fingerprint density at radius 1 is 1.53 bits per heavy atom. The van der Waals surface area contributed by atoms with Crippen molar-refractivity contribution in [2.45, 2.75) is 38.8 Å². The van der Waals surface area contributed by atoms with Gasteiger partial charge in [-0.3, -0.25) is 9.59 Å². The normalized spacial score (nSPS) is 18.5. The van der Waals surface area contributed by atoms with E-state index in [2.05, 4.69) is 5.32 Å². The van der Waals surface area contributed by atoms with Crippen LogP contribution in [0.4, 0.5) is 0 Å². The number of ether oxygens (including phenoxy) is 1. The lowest BCUT2D eigenvalue weighted by molar-refractivity contribution is -0.123. The number of carboxylic acid groups (broad SMARTS) is 1. The van der Waals surface area contributed by atoms with Gasteiger partial charge in [-0.2, -0.15) is 0 Å². The monoisotopic (exact) mass is 217 g/mol. The van der Waals surface area contributed by atoms with E-state index in [0.29, 0.717) is 6.04 Å². The average molecular weight is 217 g/mol. The molecule has 0 radical (unpaired) electrons. The second-order valence-corrected chi connectivity index (χ2v) is 3.49. The fourth-order valence-corrected chi connectivity index (χ4v) is 1.34. The van der Waals surface area contributed by atoms with Crippen molar-refractivity contribution < 1.29 is 19.4 Å². The van der Waals surface area contributed by atoms with Gasteiger partial charge < -0.3 is 15.2 Å². The maximum atomic E-state index is 10.9. The minimum atomic E-state index is -0.250. The molecule has 0 spiro atoms. The van der Waals surface area contributed by atoms with Crippen LogP contribution in [-0.2, 0) is 14.3 Å². The first kappa shape index (κ1) is 14.1. The first-order valence-corrected chi connectivity index (χ1v) is 5.04. The van der Waals surface area contributed by atoms with Crippen LogP contribution in [-0.4, -0.2) is 42.7 Å². The molecule has 1 aliphatic rings. The maximum Gasteiger partial charge on any atom is 0.290 e. The molecule has 5 heteroatoms. The minimum Gasteiger partial charge on any atom is -0.483 e. The van der Waals surface area contributed by atoms with Crippen LogP contribution >= 0.6 is 0 Å². The van der Waals surface area contributed by atoms with Crippen LogP contribution in [0.3, 0.4) is 0 Å². The summed E-state index contributed by atoms with van der Waals surface area (Å²) in [6.45, 7) is 4.93. The molecule has 1 unspecified atom stereocenters. The molecule has 1 atom stereocenters. The van der Waals surface area contributed by atoms with Gasteiger partial charge in [0.05, 0.1) is 6.04 Å². The van der Waals surface area contributed by atoms with Gasteiger partial charge >= 0.3 is 0 Å². The molecule has 1 saturated heterocycles. The molecule has 88 valence electrons. The molecular weight excluding hydrogens is 198 g/mol. The highest BCUT2D eigenvalue weighted by Crippen LogP contribution is 2.06. The third kappa shape index (κ3) is 7.04. The van der Waals surface area contributed by atoms with Gasteiger partial charge in [-0.25, -0.2) is 0 Å². The summed E-state index contributed by atoms with van der Waals surface area (Å²) < 4.78 is 5.22. The van der Waals surface area contributed by atoms with E-state index in [4.69, 9.17) is 14.6 Å². The molecule has 5 nitrogen and oxygen atoms in total. The Kier molecular flexibility index (Phi) is 7.85. The zero-order valence-electron chi connectivity index (χ0n) is 9.23. The lowest BCUT2D eigenvalue weighted by Gasteiger charge is -2.25. The number of hydrogen-bond acceptors (Lipinski definition) is 4. The summed E-state index contributed by atoms with van der Waals surface area (Å²) in [7, 11) is 0. The number of ketones is 1. The van der Waals surface area contributed by atoms with Gasteiger partial charge in [0.1, 0.15) is 5.78 Å². The van der Waals surface area contributed by atoms with Crippen LogP contribution in [0.5, 0.6) is 0 Å². The zero-order valence-corrected chi connectivity index (χ0v) is 9.23. The Bertz CT molecular complexity index is 190. The lowest BCUT2D eigenvalue weighted by Crippen LogP contribution is -2.43. The molecule has 0 amide bonds. The summed E-state index contributed by atoms with van der Waals surface area (Å²) >= 11 is 0. The van der Waals surface area contributed by atoms with E-state index in [9.17, 15) is 4.79 Å². The molecule has 15 heavy (non-hydrogen) atoms. The SMILES string of the molecule is CC(=O)C(C)NC1CCOCC1.O=CO. The first-order valence-electron chi connectivity index (χ1n) is 5.04. The van der Waals surface area contributed by atoms with Gasteiger partial charge in [-0.05, 0) is 26.7 Å². The molecule has 0 aromatic heterocycles. The number of carbonyl (C=O) groups is 2. The summed E-state index contributed by atoms with van der Waals surface area (Å²) in [6.07, 6.45) is 2.05. The Hall–Kier alpha value is -0.940. The van der Waals surface area contributed by atoms with Crippen LogP contribution < -0.4 is 5.32 Å². The van der Waals surface area contributed by atoms with Gasteiger partial charge in [0, 0.05) is 19.3 Å². The molecule has 0 saturated carbocycles. The van der Waals surface area contributed by atoms with E-state index in [0.717, 1.165) is 26.1 Å². The van der Waals surface area contributed by atoms with Crippen molar-refractivity contribution in [1.29, 1.82) is 0 Å². The smallest absolute Gasteiger partial charge is 0.290 e. The van der Waals surface area contributed by atoms with Crippen LogP contribution in [0.2, 0.25) is 0 Å². The second-order valence-electron chi connectivity index (χ2n) is 3.49. The third-order valence-electron chi connectivity index (χ3n) is 2.32. The molecule has 1 aliphatic heterocycles. The molecule has 1 heterocycles. The quantitative estimate of drug-likeness (QED) is 0.671. The molecule has 0 aromatic rings. The van der Waals surface area contributed by atoms with Crippen molar-refractivity contribution >= 4 is 12.3 Å². The highest BCUT2D eigenvalue weighted by molar-refractivity contribution is 5.80. The maximum absolute atomic E-state index is 10.9. The van der Waals surface area contributed by atoms with Gasteiger partial charge in [-0.15, -0.1) is 0 Å². The predicted molar refractivity (Wildman–Crippen MR) is 55.8 cm³/mol. The van der Waals surface area contributed by atoms with Gasteiger partial charge in [0.15, 0.2) is 0 Å². The highest BCUT2D eigenvalue weighted by Gasteiger charge is 2.17. The van der Waals surface area contributed by atoms with E-state index in [1.54, 1.807) is 6.92 Å². The van der Waals surface area contributed by atoms with Crippen LogP contribution in [0.25, 0.3) is 0 Å². The molecule has 0 aliphatic carbocycles. The number of carbonyl (C=O) groups excluding carboxylic acids is 1. The predicted octanol–water partition coefficient (Wildman–Crippen LogP) is 0.433. The van der Waals surface area contributed by atoms with Crippen molar-refractivity contribution in [3.05, 3.63) is 0 Å². The van der Waals surface area contributed by atoms with Gasteiger partial charge in [0.25, 0.3) is 6.47 Å². The Labute approximate surface area is 89.8 Å². The summed E-state index contributed by atoms with van der Waals surface area (Å²) in [5.41, 5.74) is 0. The highest BCUT2D eigenvalue weighted by atomic mass is 16.5. The Morgan fingerprint density at radius 2 is 2.00 bits per heavy atom. The Balaban J connectivity index is 0.000000583. The van der Waals surface area contributed by atoms with E-state index >= 15 is 0 Å². The van der Waals surface area contributed by atoms with E-state index in [1.165, 1.54) is 0 Å². The fraction of sp³-hybridized carbons (Fsp3) is 0.800. The number of nitrogens with one attached hydrogen (secondary N) is 1. The zero-order chi connectivity index (χ0) is 11.7. The van der Waals surface area contributed by atoms with E-state index < -0.39 is 0 Å². The fourth-order valence-electron chi connectivity index (χ4n) is 1.34. The minimum absolute atomic E-state index is 0.00639. The first-order chi connectivity index (χ1) is 7.11. The molecule has 0 bridgehead atoms. The number of rotatable bonds is 3. The molecule has 0 aromatic carbocycles. The molecule has 2 N–H and O–H groups in total. The molecule has 1 rings (SSSR count). The largest absolute Gasteiger partial charge is 0.483 e. The molecular formula is C10H19NO4. The lowest BCUT2D eigenvalue weighted by atomic mass is 10.1. The van der Waals surface area contributed by atoms with Crippen LogP contribution in [0, 0.1) is 0 Å². The number of hydrogen-bond donors (Lipinski definition) is 2. The van der Waals surface area contributed by atoms with E-state index in [-0.39, 0.29) is 18.3 Å². The summed E-state index contributed by atoms with van der Waals surface area (Å²) in [5.74, 6) is 0.210. The van der Waals surface area contributed by atoms with Gasteiger partial charge in [-0.1, -0.05) is 0 Å². The van der Waals surface area contributed by atoms with Crippen molar-refractivity contribution in [1.82, 2.24) is 5.32 Å². The summed E-state index contributed by atoms with van der Waals surface area (Å²) in [6, 6.07) is 0.464. The third-order valence-corrected chi connectivity index (χ3v) is 2.32. The number of Topliss-reactive ketones (excluding diaryl/α,β-unsaturated/α-hetero) is 1. The van der Waals surface area contributed by atoms with Crippen molar-refractivity contribution in [2.24, 2.45) is 0 Å². The summed E-state index contributed by atoms with van der Waals surface area (Å²) in [5, 5.41) is 10.2. The van der Waals surface area contributed by atoms with Crippen LogP contribution in [0.15, 0.2) is 0 Å². The Morgan fingerprint density at radius 3 is 2.40 bits per heavy atom. The average Bonchev–Trinajstić information content (AvgIpc) is 2.20. The van der Waals surface area contributed by atoms with Crippen molar-refractivity contribution in [3.63, 3.8) is 0 Å². The van der Waals surface area contributed by atoms with Crippen molar-refractivity contribution in [2.75, 3.05) is 13.2 Å². The van der Waals surface area contributed by atoms with Crippen LogP contribution in [0.1, 0.15) is 26.7 Å². The van der Waals surface area contributed by atoms with E-state index in [1.807, 2.05) is 6.92 Å². The van der Waals surface area contributed by atoms with Crippen molar-refractivity contribution in [3.8, 4) is 0 Å². The second kappa shape index (κ2) is 8.38. The molecule has 1 fully saturated rings. The standard InChI is InChI=1S/C9H17NO2.CH2O2/c1-7(8(2)11)10-9-3-5-12-6-4-9;2-1-3/h7,9-10H,3-6H2,1-2H3;1H,(H,2,3).